The maximum absolute atomic E-state index is 9.65. The number of hydrogen-bond acceptors (Lipinski definition) is 4. The van der Waals surface area contributed by atoms with Gasteiger partial charge >= 0.3 is 0 Å². The highest BCUT2D eigenvalue weighted by Gasteiger charge is 2.34. The third kappa shape index (κ3) is 3.44. The van der Waals surface area contributed by atoms with Gasteiger partial charge in [0, 0.05) is 38.3 Å². The van der Waals surface area contributed by atoms with E-state index in [1.54, 1.807) is 0 Å². The first-order valence-electron chi connectivity index (χ1n) is 7.37. The normalized spacial score (nSPS) is 29.5. The molecular weight excluding hydrogens is 226 g/mol. The number of nitrogens with zero attached hydrogens (tertiary/aromatic N) is 2. The molecule has 2 aliphatic heterocycles. The van der Waals surface area contributed by atoms with Gasteiger partial charge in [0.2, 0.25) is 0 Å². The van der Waals surface area contributed by atoms with E-state index in [-0.39, 0.29) is 12.1 Å². The zero-order valence-electron chi connectivity index (χ0n) is 12.2. The van der Waals surface area contributed by atoms with Crippen LogP contribution in [0.25, 0.3) is 0 Å². The van der Waals surface area contributed by atoms with E-state index in [1.807, 2.05) is 0 Å². The molecule has 2 fully saturated rings. The lowest BCUT2D eigenvalue weighted by Gasteiger charge is -2.42. The summed E-state index contributed by atoms with van der Waals surface area (Å²) in [5, 5.41) is 13.2. The van der Waals surface area contributed by atoms with E-state index in [2.05, 4.69) is 35.9 Å². The third-order valence-corrected chi connectivity index (χ3v) is 4.23. The average molecular weight is 255 g/mol. The van der Waals surface area contributed by atoms with Gasteiger partial charge in [-0.15, -0.1) is 0 Å². The van der Waals surface area contributed by atoms with Gasteiger partial charge in [0.15, 0.2) is 0 Å². The standard InChI is InChI=1S/C14H29N3O/c1-12(2)15-14(3,11-18)10-16-7-8-17-6-4-5-13(17)9-16/h12-13,15,18H,4-11H2,1-3H3. The highest BCUT2D eigenvalue weighted by Crippen LogP contribution is 2.22. The first kappa shape index (κ1) is 14.3. The SMILES string of the molecule is CC(C)NC(C)(CO)CN1CCN2CCCC2C1. The van der Waals surface area contributed by atoms with Gasteiger partial charge in [-0.05, 0) is 26.3 Å². The molecule has 0 radical (unpaired) electrons. The van der Waals surface area contributed by atoms with Crippen LogP contribution in [0.2, 0.25) is 0 Å². The first-order chi connectivity index (χ1) is 8.52. The number of aliphatic hydroxyl groups excluding tert-OH is 1. The first-order valence-corrected chi connectivity index (χ1v) is 7.37. The summed E-state index contributed by atoms with van der Waals surface area (Å²) in [6.07, 6.45) is 2.71. The van der Waals surface area contributed by atoms with Crippen molar-refractivity contribution >= 4 is 0 Å². The van der Waals surface area contributed by atoms with E-state index < -0.39 is 0 Å². The second-order valence-corrected chi connectivity index (χ2v) is 6.58. The molecule has 0 saturated carbocycles. The minimum Gasteiger partial charge on any atom is -0.394 e. The third-order valence-electron chi connectivity index (χ3n) is 4.23. The Morgan fingerprint density at radius 2 is 2.11 bits per heavy atom. The number of rotatable bonds is 5. The molecule has 0 bridgehead atoms. The van der Waals surface area contributed by atoms with E-state index in [0.29, 0.717) is 6.04 Å². The summed E-state index contributed by atoms with van der Waals surface area (Å²) < 4.78 is 0. The fraction of sp³-hybridized carbons (Fsp3) is 1.00. The van der Waals surface area contributed by atoms with Crippen LogP contribution >= 0.6 is 0 Å². The van der Waals surface area contributed by atoms with Gasteiger partial charge in [-0.25, -0.2) is 0 Å². The summed E-state index contributed by atoms with van der Waals surface area (Å²) >= 11 is 0. The molecule has 0 spiro atoms. The van der Waals surface area contributed by atoms with Crippen LogP contribution in [0.1, 0.15) is 33.6 Å². The summed E-state index contributed by atoms with van der Waals surface area (Å²) in [6, 6.07) is 1.18. The Bertz CT molecular complexity index is 272. The largest absolute Gasteiger partial charge is 0.394 e. The van der Waals surface area contributed by atoms with E-state index in [4.69, 9.17) is 0 Å². The molecule has 0 aromatic carbocycles. The van der Waals surface area contributed by atoms with Crippen LogP contribution in [0.3, 0.4) is 0 Å². The molecular formula is C14H29N3O. The van der Waals surface area contributed by atoms with Gasteiger partial charge in [-0.1, -0.05) is 13.8 Å². The average Bonchev–Trinajstić information content (AvgIpc) is 2.75. The zero-order chi connectivity index (χ0) is 13.2. The van der Waals surface area contributed by atoms with Crippen molar-refractivity contribution in [1.29, 1.82) is 0 Å². The zero-order valence-corrected chi connectivity index (χ0v) is 12.2. The topological polar surface area (TPSA) is 38.7 Å². The van der Waals surface area contributed by atoms with E-state index >= 15 is 0 Å². The lowest BCUT2D eigenvalue weighted by Crippen LogP contribution is -2.60. The number of nitrogens with one attached hydrogen (secondary N) is 1. The maximum Gasteiger partial charge on any atom is 0.0623 e. The lowest BCUT2D eigenvalue weighted by molar-refractivity contribution is 0.0590. The molecule has 0 aromatic heterocycles. The molecule has 2 aliphatic rings. The molecule has 2 atom stereocenters. The fourth-order valence-corrected chi connectivity index (χ4v) is 3.53. The number of fused-ring (bicyclic) bond motifs is 1. The van der Waals surface area contributed by atoms with Gasteiger partial charge in [0.05, 0.1) is 12.1 Å². The van der Waals surface area contributed by atoms with E-state index in [0.717, 1.165) is 19.1 Å². The number of piperazine rings is 1. The van der Waals surface area contributed by atoms with Crippen LogP contribution in [-0.4, -0.2) is 71.9 Å². The van der Waals surface area contributed by atoms with Crippen LogP contribution in [0.15, 0.2) is 0 Å². The number of hydrogen-bond donors (Lipinski definition) is 2. The summed E-state index contributed by atoms with van der Waals surface area (Å²) in [5.41, 5.74) is -0.172. The summed E-state index contributed by atoms with van der Waals surface area (Å²) in [7, 11) is 0. The molecule has 106 valence electrons. The summed E-state index contributed by atoms with van der Waals surface area (Å²) in [5.74, 6) is 0. The molecule has 0 aromatic rings. The van der Waals surface area contributed by atoms with Crippen LogP contribution in [-0.2, 0) is 0 Å². The molecule has 2 N–H and O–H groups in total. The van der Waals surface area contributed by atoms with Gasteiger partial charge in [0.1, 0.15) is 0 Å². The van der Waals surface area contributed by atoms with Crippen molar-refractivity contribution in [2.45, 2.75) is 51.2 Å². The monoisotopic (exact) mass is 255 g/mol. The van der Waals surface area contributed by atoms with Crippen molar-refractivity contribution < 1.29 is 5.11 Å². The van der Waals surface area contributed by atoms with Crippen molar-refractivity contribution in [3.05, 3.63) is 0 Å². The Kier molecular flexibility index (Phi) is 4.64. The van der Waals surface area contributed by atoms with Gasteiger partial charge < -0.3 is 10.4 Å². The van der Waals surface area contributed by atoms with Crippen molar-refractivity contribution in [1.82, 2.24) is 15.1 Å². The number of aliphatic hydroxyl groups is 1. The Hall–Kier alpha value is -0.160. The smallest absolute Gasteiger partial charge is 0.0623 e. The molecule has 2 saturated heterocycles. The highest BCUT2D eigenvalue weighted by atomic mass is 16.3. The Balaban J connectivity index is 1.87. The minimum atomic E-state index is -0.172. The molecule has 0 aliphatic carbocycles. The van der Waals surface area contributed by atoms with Gasteiger partial charge in [-0.3, -0.25) is 9.80 Å². The molecule has 4 heteroatoms. The van der Waals surface area contributed by atoms with Crippen LogP contribution in [0.4, 0.5) is 0 Å². The summed E-state index contributed by atoms with van der Waals surface area (Å²) in [6.45, 7) is 12.4. The Labute approximate surface area is 111 Å². The summed E-state index contributed by atoms with van der Waals surface area (Å²) in [4.78, 5) is 5.15. The van der Waals surface area contributed by atoms with Crippen LogP contribution in [0.5, 0.6) is 0 Å². The quantitative estimate of drug-likeness (QED) is 0.751. The highest BCUT2D eigenvalue weighted by molar-refractivity contribution is 4.92. The molecule has 2 unspecified atom stereocenters. The van der Waals surface area contributed by atoms with Crippen molar-refractivity contribution in [2.24, 2.45) is 0 Å². The predicted octanol–water partition coefficient (Wildman–Crippen LogP) is 0.515. The maximum atomic E-state index is 9.65. The van der Waals surface area contributed by atoms with Crippen molar-refractivity contribution in [3.63, 3.8) is 0 Å². The van der Waals surface area contributed by atoms with E-state index in [1.165, 1.54) is 32.5 Å². The molecule has 18 heavy (non-hydrogen) atoms. The van der Waals surface area contributed by atoms with Crippen LogP contribution < -0.4 is 5.32 Å². The molecule has 2 rings (SSSR count). The minimum absolute atomic E-state index is 0.172. The van der Waals surface area contributed by atoms with Gasteiger partial charge in [0.25, 0.3) is 0 Å². The van der Waals surface area contributed by atoms with Crippen molar-refractivity contribution in [3.8, 4) is 0 Å². The second kappa shape index (κ2) is 5.87. The Morgan fingerprint density at radius 1 is 1.33 bits per heavy atom. The molecule has 0 amide bonds. The van der Waals surface area contributed by atoms with E-state index in [9.17, 15) is 5.11 Å². The second-order valence-electron chi connectivity index (χ2n) is 6.58. The predicted molar refractivity (Wildman–Crippen MR) is 74.8 cm³/mol. The van der Waals surface area contributed by atoms with Gasteiger partial charge in [-0.2, -0.15) is 0 Å². The lowest BCUT2D eigenvalue weighted by atomic mass is 10.00. The van der Waals surface area contributed by atoms with Crippen molar-refractivity contribution in [2.75, 3.05) is 39.3 Å². The fourth-order valence-electron chi connectivity index (χ4n) is 3.53. The Morgan fingerprint density at radius 3 is 2.78 bits per heavy atom. The molecule has 4 nitrogen and oxygen atoms in total. The molecule has 2 heterocycles. The van der Waals surface area contributed by atoms with Crippen LogP contribution in [0, 0.1) is 0 Å².